The van der Waals surface area contributed by atoms with E-state index < -0.39 is 0 Å². The van der Waals surface area contributed by atoms with E-state index in [-0.39, 0.29) is 0 Å². The van der Waals surface area contributed by atoms with Gasteiger partial charge in [0.15, 0.2) is 5.78 Å². The molecule has 1 nitrogen and oxygen atoms in total. The Morgan fingerprint density at radius 1 is 1.20 bits per heavy atom. The monoisotopic (exact) mass is 302 g/mol. The third-order valence-corrected chi connectivity index (χ3v) is 5.90. The molecule has 3 rings (SSSR count). The number of thiophene rings is 1. The van der Waals surface area contributed by atoms with E-state index in [1.165, 1.54) is 21.8 Å². The topological polar surface area (TPSA) is 17.1 Å². The van der Waals surface area contributed by atoms with E-state index in [2.05, 4.69) is 30.3 Å². The zero-order valence-corrected chi connectivity index (χ0v) is 13.1. The molecule has 104 valence electrons. The van der Waals surface area contributed by atoms with E-state index in [0.717, 1.165) is 29.9 Å². The highest BCUT2D eigenvalue weighted by molar-refractivity contribution is 7.98. The van der Waals surface area contributed by atoms with Gasteiger partial charge in [-0.1, -0.05) is 30.3 Å². The van der Waals surface area contributed by atoms with Crippen LogP contribution in [0.4, 0.5) is 0 Å². The highest BCUT2D eigenvalue weighted by Crippen LogP contribution is 2.32. The number of hydrogen-bond acceptors (Lipinski definition) is 3. The molecule has 1 aliphatic rings. The Hall–Kier alpha value is -1.06. The van der Waals surface area contributed by atoms with E-state index in [9.17, 15) is 4.79 Å². The molecule has 0 amide bonds. The number of hydrogen-bond donors (Lipinski definition) is 0. The van der Waals surface area contributed by atoms with Gasteiger partial charge in [0.25, 0.3) is 0 Å². The molecule has 0 spiro atoms. The second kappa shape index (κ2) is 6.59. The highest BCUT2D eigenvalue weighted by atomic mass is 32.2. The summed E-state index contributed by atoms with van der Waals surface area (Å²) < 4.78 is 0. The minimum atomic E-state index is 0.324. The molecular formula is C17H18OS2. The van der Waals surface area contributed by atoms with Crippen molar-refractivity contribution in [1.29, 1.82) is 0 Å². The zero-order valence-electron chi connectivity index (χ0n) is 11.4. The first-order chi connectivity index (χ1) is 9.83. The van der Waals surface area contributed by atoms with Gasteiger partial charge in [-0.15, -0.1) is 11.3 Å². The molecule has 2 aromatic rings. The summed E-state index contributed by atoms with van der Waals surface area (Å²) in [6.07, 6.45) is 3.75. The first kappa shape index (κ1) is 13.9. The summed E-state index contributed by atoms with van der Waals surface area (Å²) in [5.41, 5.74) is 2.72. The van der Waals surface area contributed by atoms with Gasteiger partial charge in [0, 0.05) is 17.1 Å². The molecule has 1 aliphatic heterocycles. The number of carbonyl (C=O) groups is 1. The average Bonchev–Trinajstić information content (AvgIpc) is 2.92. The number of aryl methyl sites for hydroxylation is 2. The summed E-state index contributed by atoms with van der Waals surface area (Å²) in [7, 11) is 0. The lowest BCUT2D eigenvalue weighted by Crippen LogP contribution is -1.97. The van der Waals surface area contributed by atoms with Crippen LogP contribution < -0.4 is 0 Å². The van der Waals surface area contributed by atoms with E-state index in [1.54, 1.807) is 11.3 Å². The van der Waals surface area contributed by atoms with Crippen molar-refractivity contribution in [1.82, 2.24) is 0 Å². The summed E-state index contributed by atoms with van der Waals surface area (Å²) in [6, 6.07) is 12.5. The molecule has 0 aliphatic carbocycles. The van der Waals surface area contributed by atoms with E-state index >= 15 is 0 Å². The van der Waals surface area contributed by atoms with E-state index in [1.807, 2.05) is 17.8 Å². The minimum absolute atomic E-state index is 0.324. The normalized spacial score (nSPS) is 14.0. The first-order valence-corrected chi connectivity index (χ1v) is 9.06. The van der Waals surface area contributed by atoms with Crippen LogP contribution in [0.3, 0.4) is 0 Å². The molecule has 3 heteroatoms. The maximum atomic E-state index is 12.3. The van der Waals surface area contributed by atoms with Crippen molar-refractivity contribution < 1.29 is 4.79 Å². The molecule has 0 bridgehead atoms. The second-order valence-electron chi connectivity index (χ2n) is 5.12. The molecule has 2 heterocycles. The van der Waals surface area contributed by atoms with E-state index in [0.29, 0.717) is 12.2 Å². The molecule has 0 radical (unpaired) electrons. The lowest BCUT2D eigenvalue weighted by Gasteiger charge is -2.08. The molecule has 1 aromatic heterocycles. The van der Waals surface area contributed by atoms with Crippen LogP contribution in [0.1, 0.15) is 38.5 Å². The van der Waals surface area contributed by atoms with Crippen LogP contribution in [0.5, 0.6) is 0 Å². The quantitative estimate of drug-likeness (QED) is 0.742. The maximum Gasteiger partial charge on any atom is 0.172 e. The zero-order chi connectivity index (χ0) is 13.8. The Morgan fingerprint density at radius 3 is 2.85 bits per heavy atom. The number of carbonyl (C=O) groups excluding carboxylic acids is 1. The van der Waals surface area contributed by atoms with Crippen molar-refractivity contribution in [3.05, 3.63) is 57.3 Å². The van der Waals surface area contributed by atoms with Gasteiger partial charge in [0.05, 0.1) is 4.88 Å². The highest BCUT2D eigenvalue weighted by Gasteiger charge is 2.17. The number of ketones is 1. The van der Waals surface area contributed by atoms with Gasteiger partial charge >= 0.3 is 0 Å². The first-order valence-electron chi connectivity index (χ1n) is 7.09. The van der Waals surface area contributed by atoms with Crippen LogP contribution in [0, 0.1) is 0 Å². The van der Waals surface area contributed by atoms with Gasteiger partial charge in [-0.2, -0.15) is 11.8 Å². The van der Waals surface area contributed by atoms with Crippen LogP contribution in [0.25, 0.3) is 0 Å². The molecule has 0 unspecified atom stereocenters. The molecular weight excluding hydrogens is 284 g/mol. The van der Waals surface area contributed by atoms with Crippen LogP contribution in [-0.4, -0.2) is 11.5 Å². The maximum absolute atomic E-state index is 12.3. The van der Waals surface area contributed by atoms with Gasteiger partial charge in [0.2, 0.25) is 0 Å². The van der Waals surface area contributed by atoms with Gasteiger partial charge < -0.3 is 0 Å². The molecule has 0 saturated heterocycles. The number of rotatable bonds is 5. The predicted molar refractivity (Wildman–Crippen MR) is 87.9 cm³/mol. The summed E-state index contributed by atoms with van der Waals surface area (Å²) in [6.45, 7) is 0. The molecule has 1 aromatic carbocycles. The largest absolute Gasteiger partial charge is 0.293 e. The van der Waals surface area contributed by atoms with Crippen LogP contribution in [-0.2, 0) is 18.6 Å². The third-order valence-electron chi connectivity index (χ3n) is 3.61. The van der Waals surface area contributed by atoms with Crippen LogP contribution in [0.15, 0.2) is 36.4 Å². The Kier molecular flexibility index (Phi) is 4.58. The van der Waals surface area contributed by atoms with Crippen molar-refractivity contribution >= 4 is 28.9 Å². The summed E-state index contributed by atoms with van der Waals surface area (Å²) in [4.78, 5) is 14.7. The third kappa shape index (κ3) is 3.33. The lowest BCUT2D eigenvalue weighted by molar-refractivity contribution is 0.0984. The summed E-state index contributed by atoms with van der Waals surface area (Å²) >= 11 is 3.70. The predicted octanol–water partition coefficient (Wildman–Crippen LogP) is 4.74. The fraction of sp³-hybridized carbons (Fsp3) is 0.353. The van der Waals surface area contributed by atoms with Crippen LogP contribution >= 0.6 is 23.1 Å². The number of Topliss-reactive ketones (excluding diaryl/α,β-unsaturated/α-hetero) is 1. The fourth-order valence-corrected chi connectivity index (χ4v) is 4.85. The molecule has 0 atom stereocenters. The fourth-order valence-electron chi connectivity index (χ4n) is 2.51. The van der Waals surface area contributed by atoms with Crippen molar-refractivity contribution in [2.24, 2.45) is 0 Å². The standard InChI is InChI=1S/C17H18OS2/c18-15(8-4-7-13-5-2-1-3-6-13)17-11-14-12-19-10-9-16(14)20-17/h1-3,5-6,11H,4,7-10,12H2. The number of fused-ring (bicyclic) bond motifs is 1. The smallest absolute Gasteiger partial charge is 0.172 e. The van der Waals surface area contributed by atoms with Crippen LogP contribution in [0.2, 0.25) is 0 Å². The Bertz CT molecular complexity index is 563. The van der Waals surface area contributed by atoms with Crippen molar-refractivity contribution in [2.45, 2.75) is 31.4 Å². The SMILES string of the molecule is O=C(CCCc1ccccc1)c1cc2c(s1)CCSC2. The molecule has 0 fully saturated rings. The lowest BCUT2D eigenvalue weighted by atomic mass is 10.1. The van der Waals surface area contributed by atoms with Crippen molar-refractivity contribution in [3.8, 4) is 0 Å². The Balaban J connectivity index is 1.55. The Morgan fingerprint density at radius 2 is 2.05 bits per heavy atom. The Labute approximate surface area is 128 Å². The molecule has 0 N–H and O–H groups in total. The average molecular weight is 302 g/mol. The number of benzene rings is 1. The minimum Gasteiger partial charge on any atom is -0.293 e. The van der Waals surface area contributed by atoms with Crippen molar-refractivity contribution in [2.75, 3.05) is 5.75 Å². The van der Waals surface area contributed by atoms with E-state index in [4.69, 9.17) is 0 Å². The summed E-state index contributed by atoms with van der Waals surface area (Å²) in [5.74, 6) is 2.61. The molecule has 20 heavy (non-hydrogen) atoms. The number of thioether (sulfide) groups is 1. The van der Waals surface area contributed by atoms with Gasteiger partial charge in [-0.25, -0.2) is 0 Å². The molecule has 0 saturated carbocycles. The van der Waals surface area contributed by atoms with Gasteiger partial charge in [-0.05, 0) is 42.2 Å². The summed E-state index contributed by atoms with van der Waals surface area (Å²) in [5, 5.41) is 0. The van der Waals surface area contributed by atoms with Gasteiger partial charge in [-0.3, -0.25) is 4.79 Å². The van der Waals surface area contributed by atoms with Gasteiger partial charge in [0.1, 0.15) is 0 Å². The second-order valence-corrected chi connectivity index (χ2v) is 7.37. The van der Waals surface area contributed by atoms with Crippen molar-refractivity contribution in [3.63, 3.8) is 0 Å².